The zero-order valence-electron chi connectivity index (χ0n) is 10.7. The molecule has 18 heavy (non-hydrogen) atoms. The lowest BCUT2D eigenvalue weighted by Gasteiger charge is -2.37. The summed E-state index contributed by atoms with van der Waals surface area (Å²) in [6.07, 6.45) is 1.26. The SMILES string of the molecule is Cc1ccc(CN2CCC(O)(CO)CC2)cc1Cl. The van der Waals surface area contributed by atoms with Crippen LogP contribution >= 0.6 is 11.6 Å². The molecule has 0 amide bonds. The molecular formula is C14H20ClNO2. The predicted octanol–water partition coefficient (Wildman–Crippen LogP) is 1.97. The van der Waals surface area contributed by atoms with Gasteiger partial charge < -0.3 is 10.2 Å². The molecule has 0 bridgehead atoms. The largest absolute Gasteiger partial charge is 0.393 e. The van der Waals surface area contributed by atoms with Gasteiger partial charge in [-0.1, -0.05) is 23.7 Å². The summed E-state index contributed by atoms with van der Waals surface area (Å²) in [4.78, 5) is 2.28. The van der Waals surface area contributed by atoms with Crippen molar-refractivity contribution in [3.05, 3.63) is 34.3 Å². The van der Waals surface area contributed by atoms with E-state index < -0.39 is 5.60 Å². The third-order valence-electron chi connectivity index (χ3n) is 3.72. The van der Waals surface area contributed by atoms with Crippen LogP contribution in [0.4, 0.5) is 0 Å². The number of likely N-dealkylation sites (tertiary alicyclic amines) is 1. The fourth-order valence-electron chi connectivity index (χ4n) is 2.28. The van der Waals surface area contributed by atoms with Crippen molar-refractivity contribution in [2.75, 3.05) is 19.7 Å². The van der Waals surface area contributed by atoms with Gasteiger partial charge in [0.25, 0.3) is 0 Å². The minimum atomic E-state index is -0.874. The number of rotatable bonds is 3. The average Bonchev–Trinajstić information content (AvgIpc) is 2.37. The van der Waals surface area contributed by atoms with Crippen LogP contribution in [0.2, 0.25) is 5.02 Å². The summed E-state index contributed by atoms with van der Waals surface area (Å²) in [5.41, 5.74) is 1.41. The summed E-state index contributed by atoms with van der Waals surface area (Å²) in [6.45, 7) is 4.32. The number of hydrogen-bond donors (Lipinski definition) is 2. The Hall–Kier alpha value is -0.610. The van der Waals surface area contributed by atoms with Gasteiger partial charge in [0.2, 0.25) is 0 Å². The summed E-state index contributed by atoms with van der Waals surface area (Å²) in [7, 11) is 0. The lowest BCUT2D eigenvalue weighted by molar-refractivity contribution is -0.0606. The first-order valence-electron chi connectivity index (χ1n) is 6.33. The normalized spacial score (nSPS) is 20.0. The number of aryl methyl sites for hydroxylation is 1. The van der Waals surface area contributed by atoms with Gasteiger partial charge in [-0.3, -0.25) is 4.90 Å². The second-order valence-corrected chi connectivity index (χ2v) is 5.65. The van der Waals surface area contributed by atoms with Gasteiger partial charge in [0, 0.05) is 24.7 Å². The van der Waals surface area contributed by atoms with Crippen LogP contribution < -0.4 is 0 Å². The molecule has 1 aliphatic heterocycles. The van der Waals surface area contributed by atoms with E-state index in [1.54, 1.807) is 0 Å². The van der Waals surface area contributed by atoms with E-state index in [0.29, 0.717) is 12.8 Å². The molecule has 1 aromatic rings. The maximum atomic E-state index is 9.95. The molecule has 2 N–H and O–H groups in total. The van der Waals surface area contributed by atoms with Gasteiger partial charge in [-0.25, -0.2) is 0 Å². The lowest BCUT2D eigenvalue weighted by Crippen LogP contribution is -2.46. The number of aliphatic hydroxyl groups excluding tert-OH is 1. The first-order chi connectivity index (χ1) is 8.52. The summed E-state index contributed by atoms with van der Waals surface area (Å²) in [6, 6.07) is 6.13. The van der Waals surface area contributed by atoms with E-state index in [1.165, 1.54) is 5.56 Å². The second kappa shape index (κ2) is 5.57. The van der Waals surface area contributed by atoms with Gasteiger partial charge >= 0.3 is 0 Å². The third-order valence-corrected chi connectivity index (χ3v) is 4.13. The summed E-state index contributed by atoms with van der Waals surface area (Å²) >= 11 is 6.11. The molecule has 0 aliphatic carbocycles. The van der Waals surface area contributed by atoms with Crippen LogP contribution in [0.25, 0.3) is 0 Å². The van der Waals surface area contributed by atoms with Crippen LogP contribution in [-0.2, 0) is 6.54 Å². The standard InChI is InChI=1S/C14H20ClNO2/c1-11-2-3-12(8-13(11)15)9-16-6-4-14(18,10-17)5-7-16/h2-3,8,17-18H,4-7,9-10H2,1H3. The highest BCUT2D eigenvalue weighted by molar-refractivity contribution is 6.31. The Bertz CT molecular complexity index is 414. The Morgan fingerprint density at radius 3 is 2.56 bits per heavy atom. The minimum Gasteiger partial charge on any atom is -0.393 e. The molecule has 1 aromatic carbocycles. The summed E-state index contributed by atoms with van der Waals surface area (Å²) in [5, 5.41) is 19.9. The molecule has 0 unspecified atom stereocenters. The highest BCUT2D eigenvalue weighted by Gasteiger charge is 2.31. The van der Waals surface area contributed by atoms with Crippen molar-refractivity contribution < 1.29 is 10.2 Å². The molecule has 3 nitrogen and oxygen atoms in total. The smallest absolute Gasteiger partial charge is 0.0901 e. The van der Waals surface area contributed by atoms with Crippen LogP contribution in [-0.4, -0.2) is 40.4 Å². The van der Waals surface area contributed by atoms with Gasteiger partial charge in [-0.2, -0.15) is 0 Å². The molecule has 0 atom stereocenters. The van der Waals surface area contributed by atoms with Crippen molar-refractivity contribution in [3.63, 3.8) is 0 Å². The monoisotopic (exact) mass is 269 g/mol. The topological polar surface area (TPSA) is 43.7 Å². The van der Waals surface area contributed by atoms with Crippen LogP contribution in [0.1, 0.15) is 24.0 Å². The van der Waals surface area contributed by atoms with Crippen molar-refractivity contribution in [1.82, 2.24) is 4.90 Å². The molecule has 1 heterocycles. The van der Waals surface area contributed by atoms with Crippen molar-refractivity contribution in [2.45, 2.75) is 31.9 Å². The maximum Gasteiger partial charge on any atom is 0.0901 e. The highest BCUT2D eigenvalue weighted by Crippen LogP contribution is 2.24. The minimum absolute atomic E-state index is 0.142. The van der Waals surface area contributed by atoms with Gasteiger partial charge in [0.15, 0.2) is 0 Å². The zero-order valence-corrected chi connectivity index (χ0v) is 11.5. The quantitative estimate of drug-likeness (QED) is 0.882. The molecule has 1 saturated heterocycles. The maximum absolute atomic E-state index is 9.95. The van der Waals surface area contributed by atoms with E-state index in [-0.39, 0.29) is 6.61 Å². The molecule has 1 fully saturated rings. The number of piperidine rings is 1. The van der Waals surface area contributed by atoms with Crippen LogP contribution in [0, 0.1) is 6.92 Å². The molecular weight excluding hydrogens is 250 g/mol. The van der Waals surface area contributed by atoms with Crippen LogP contribution in [0.3, 0.4) is 0 Å². The van der Waals surface area contributed by atoms with Crippen molar-refractivity contribution in [3.8, 4) is 0 Å². The first kappa shape index (κ1) is 13.8. The van der Waals surface area contributed by atoms with E-state index in [0.717, 1.165) is 30.2 Å². The van der Waals surface area contributed by atoms with Gasteiger partial charge in [-0.15, -0.1) is 0 Å². The Labute approximate surface area is 113 Å². The Kier molecular flexibility index (Phi) is 4.28. The highest BCUT2D eigenvalue weighted by atomic mass is 35.5. The summed E-state index contributed by atoms with van der Waals surface area (Å²) in [5.74, 6) is 0. The van der Waals surface area contributed by atoms with Crippen LogP contribution in [0.15, 0.2) is 18.2 Å². The molecule has 0 radical (unpaired) electrons. The van der Waals surface area contributed by atoms with E-state index in [4.69, 9.17) is 16.7 Å². The van der Waals surface area contributed by atoms with E-state index >= 15 is 0 Å². The molecule has 0 saturated carbocycles. The Morgan fingerprint density at radius 1 is 1.33 bits per heavy atom. The third kappa shape index (κ3) is 3.23. The summed E-state index contributed by atoms with van der Waals surface area (Å²) < 4.78 is 0. The molecule has 1 aliphatic rings. The average molecular weight is 270 g/mol. The molecule has 100 valence electrons. The first-order valence-corrected chi connectivity index (χ1v) is 6.71. The molecule has 4 heteroatoms. The van der Waals surface area contributed by atoms with Gasteiger partial charge in [-0.05, 0) is 37.0 Å². The van der Waals surface area contributed by atoms with Gasteiger partial charge in [0.1, 0.15) is 0 Å². The molecule has 2 rings (SSSR count). The predicted molar refractivity (Wildman–Crippen MR) is 72.7 cm³/mol. The number of benzene rings is 1. The van der Waals surface area contributed by atoms with E-state index in [1.807, 2.05) is 19.1 Å². The van der Waals surface area contributed by atoms with Gasteiger partial charge in [0.05, 0.1) is 12.2 Å². The van der Waals surface area contributed by atoms with Crippen molar-refractivity contribution in [1.29, 1.82) is 0 Å². The number of nitrogens with zero attached hydrogens (tertiary/aromatic N) is 1. The Balaban J connectivity index is 1.93. The lowest BCUT2D eigenvalue weighted by atomic mass is 9.92. The van der Waals surface area contributed by atoms with E-state index in [9.17, 15) is 5.11 Å². The van der Waals surface area contributed by atoms with Crippen LogP contribution in [0.5, 0.6) is 0 Å². The Morgan fingerprint density at radius 2 is 2.00 bits per heavy atom. The van der Waals surface area contributed by atoms with Crippen molar-refractivity contribution >= 4 is 11.6 Å². The number of aliphatic hydroxyl groups is 2. The van der Waals surface area contributed by atoms with Crippen molar-refractivity contribution in [2.24, 2.45) is 0 Å². The fraction of sp³-hybridized carbons (Fsp3) is 0.571. The van der Waals surface area contributed by atoms with E-state index in [2.05, 4.69) is 11.0 Å². The fourth-order valence-corrected chi connectivity index (χ4v) is 2.48. The second-order valence-electron chi connectivity index (χ2n) is 5.24. The molecule has 0 aromatic heterocycles. The molecule has 0 spiro atoms. The zero-order chi connectivity index (χ0) is 13.2. The number of hydrogen-bond acceptors (Lipinski definition) is 3. The number of halogens is 1.